The van der Waals surface area contributed by atoms with Gasteiger partial charge in [0.2, 0.25) is 10.0 Å². The van der Waals surface area contributed by atoms with Gasteiger partial charge < -0.3 is 0 Å². The number of hydrogen-bond donors (Lipinski definition) is 0. The predicted molar refractivity (Wildman–Crippen MR) is 95.7 cm³/mol. The van der Waals surface area contributed by atoms with E-state index < -0.39 is 25.9 Å². The lowest BCUT2D eigenvalue weighted by atomic mass is 9.98. The molecule has 0 spiro atoms. The Morgan fingerprint density at radius 1 is 1.21 bits per heavy atom. The maximum absolute atomic E-state index is 13.1. The third-order valence-corrected chi connectivity index (χ3v) is 8.55. The van der Waals surface area contributed by atoms with Crippen LogP contribution in [-0.2, 0) is 26.3 Å². The van der Waals surface area contributed by atoms with E-state index in [1.54, 1.807) is 6.08 Å². The number of aryl methyl sites for hydroxylation is 1. The summed E-state index contributed by atoms with van der Waals surface area (Å²) in [6, 6.07) is 7.37. The molecule has 1 saturated heterocycles. The molecule has 2 aliphatic rings. The van der Waals surface area contributed by atoms with Gasteiger partial charge in [0.05, 0.1) is 16.4 Å². The number of sulfonamides is 1. The second-order valence-corrected chi connectivity index (χ2v) is 10.7. The molecule has 132 valence electrons. The minimum absolute atomic E-state index is 0.0594. The Bertz CT molecular complexity index is 856. The van der Waals surface area contributed by atoms with Crippen LogP contribution in [-0.4, -0.2) is 45.2 Å². The number of hydrogen-bond acceptors (Lipinski definition) is 4. The maximum Gasteiger partial charge on any atom is 0.239 e. The molecular formula is C17H23NO4S2. The number of fused-ring (bicyclic) bond motifs is 1. The molecule has 24 heavy (non-hydrogen) atoms. The van der Waals surface area contributed by atoms with E-state index in [0.717, 1.165) is 11.1 Å². The number of nitrogens with zero attached hydrogens (tertiary/aromatic N) is 1. The Labute approximate surface area is 144 Å². The van der Waals surface area contributed by atoms with Crippen molar-refractivity contribution in [1.29, 1.82) is 0 Å². The summed E-state index contributed by atoms with van der Waals surface area (Å²) >= 11 is 0. The van der Waals surface area contributed by atoms with Crippen LogP contribution < -0.4 is 0 Å². The van der Waals surface area contributed by atoms with E-state index in [0.29, 0.717) is 37.1 Å². The maximum atomic E-state index is 13.1. The Balaban J connectivity index is 1.94. The van der Waals surface area contributed by atoms with E-state index in [1.807, 2.05) is 31.2 Å². The average Bonchev–Trinajstić information content (AvgIpc) is 2.91. The van der Waals surface area contributed by atoms with Crippen molar-refractivity contribution in [1.82, 2.24) is 4.31 Å². The SMILES string of the molecule is CCCN(C1CCS(=O)(=O)C1)S(=O)(=O)C1=Cc2ccccc2CC1. The highest BCUT2D eigenvalue weighted by Crippen LogP contribution is 2.31. The number of allylic oxidation sites excluding steroid dienone is 1. The largest absolute Gasteiger partial charge is 0.239 e. The van der Waals surface area contributed by atoms with Gasteiger partial charge in [0.25, 0.3) is 0 Å². The third kappa shape index (κ3) is 3.43. The first-order valence-corrected chi connectivity index (χ1v) is 11.6. The van der Waals surface area contributed by atoms with Crippen LogP contribution >= 0.6 is 0 Å². The van der Waals surface area contributed by atoms with Crippen molar-refractivity contribution in [2.75, 3.05) is 18.1 Å². The van der Waals surface area contributed by atoms with Crippen molar-refractivity contribution >= 4 is 25.9 Å². The molecule has 0 aromatic heterocycles. The Morgan fingerprint density at radius 3 is 2.62 bits per heavy atom. The van der Waals surface area contributed by atoms with Gasteiger partial charge in [-0.05, 0) is 42.9 Å². The zero-order valence-corrected chi connectivity index (χ0v) is 15.4. The highest BCUT2D eigenvalue weighted by molar-refractivity contribution is 7.93. The van der Waals surface area contributed by atoms with Gasteiger partial charge in [0.15, 0.2) is 9.84 Å². The third-order valence-electron chi connectivity index (χ3n) is 4.71. The zero-order valence-electron chi connectivity index (χ0n) is 13.8. The van der Waals surface area contributed by atoms with E-state index in [1.165, 1.54) is 4.31 Å². The van der Waals surface area contributed by atoms with Gasteiger partial charge in [-0.2, -0.15) is 4.31 Å². The molecule has 1 unspecified atom stereocenters. The fourth-order valence-corrected chi connectivity index (χ4v) is 7.24. The molecule has 1 fully saturated rings. The van der Waals surface area contributed by atoms with Crippen LogP contribution in [0.25, 0.3) is 6.08 Å². The normalized spacial score (nSPS) is 23.1. The predicted octanol–water partition coefficient (Wildman–Crippen LogP) is 2.20. The summed E-state index contributed by atoms with van der Waals surface area (Å²) in [6.07, 6.45) is 3.98. The standard InChI is InChI=1S/C17H23NO4S2/c1-2-10-18(16-9-11-23(19,20)13-16)24(21,22)17-8-7-14-5-3-4-6-15(14)12-17/h3-6,12,16H,2,7-11,13H2,1H3. The van der Waals surface area contributed by atoms with Crippen molar-refractivity contribution < 1.29 is 16.8 Å². The Hall–Kier alpha value is -1.18. The molecule has 3 rings (SSSR count). The molecule has 1 aliphatic heterocycles. The van der Waals surface area contributed by atoms with E-state index >= 15 is 0 Å². The summed E-state index contributed by atoms with van der Waals surface area (Å²) in [5.74, 6) is 0.0192. The van der Waals surface area contributed by atoms with Crippen LogP contribution in [0.15, 0.2) is 29.2 Å². The first-order chi connectivity index (χ1) is 11.3. The summed E-state index contributed by atoms with van der Waals surface area (Å²) in [7, 11) is -6.76. The van der Waals surface area contributed by atoms with Crippen LogP contribution in [0.1, 0.15) is 37.3 Å². The quantitative estimate of drug-likeness (QED) is 0.798. The molecule has 1 aliphatic carbocycles. The molecule has 7 heteroatoms. The molecule has 0 radical (unpaired) electrons. The van der Waals surface area contributed by atoms with Crippen molar-refractivity contribution in [2.45, 2.75) is 38.6 Å². The van der Waals surface area contributed by atoms with Crippen molar-refractivity contribution in [2.24, 2.45) is 0 Å². The second kappa shape index (κ2) is 6.61. The summed E-state index contributed by atoms with van der Waals surface area (Å²) in [5.41, 5.74) is 2.10. The molecule has 1 heterocycles. The Kier molecular flexibility index (Phi) is 4.86. The number of benzene rings is 1. The number of rotatable bonds is 5. The summed E-state index contributed by atoms with van der Waals surface area (Å²) in [6.45, 7) is 2.28. The van der Waals surface area contributed by atoms with Crippen LogP contribution in [0.5, 0.6) is 0 Å². The van der Waals surface area contributed by atoms with Gasteiger partial charge in [-0.25, -0.2) is 16.8 Å². The average molecular weight is 370 g/mol. The van der Waals surface area contributed by atoms with Crippen LogP contribution in [0.4, 0.5) is 0 Å². The topological polar surface area (TPSA) is 71.5 Å². The minimum Gasteiger partial charge on any atom is -0.229 e. The lowest BCUT2D eigenvalue weighted by Gasteiger charge is -2.29. The molecule has 1 aromatic rings. The van der Waals surface area contributed by atoms with Gasteiger partial charge in [0.1, 0.15) is 0 Å². The van der Waals surface area contributed by atoms with Gasteiger partial charge in [-0.15, -0.1) is 0 Å². The number of sulfone groups is 1. The fourth-order valence-electron chi connectivity index (χ4n) is 3.48. The van der Waals surface area contributed by atoms with Crippen LogP contribution in [0, 0.1) is 0 Å². The lowest BCUT2D eigenvalue weighted by molar-refractivity contribution is 0.343. The summed E-state index contributed by atoms with van der Waals surface area (Å²) < 4.78 is 51.3. The zero-order chi connectivity index (χ0) is 17.4. The van der Waals surface area contributed by atoms with Crippen molar-refractivity contribution in [3.05, 3.63) is 40.3 Å². The van der Waals surface area contributed by atoms with E-state index in [4.69, 9.17) is 0 Å². The summed E-state index contributed by atoms with van der Waals surface area (Å²) in [4.78, 5) is 0.402. The molecule has 0 N–H and O–H groups in total. The first-order valence-electron chi connectivity index (χ1n) is 8.34. The Morgan fingerprint density at radius 2 is 1.96 bits per heavy atom. The van der Waals surface area contributed by atoms with Gasteiger partial charge in [-0.3, -0.25) is 0 Å². The lowest BCUT2D eigenvalue weighted by Crippen LogP contribution is -2.42. The van der Waals surface area contributed by atoms with Crippen molar-refractivity contribution in [3.8, 4) is 0 Å². The molecule has 0 amide bonds. The molecular weight excluding hydrogens is 346 g/mol. The molecule has 0 bridgehead atoms. The fraction of sp³-hybridized carbons (Fsp3) is 0.529. The molecule has 1 aromatic carbocycles. The van der Waals surface area contributed by atoms with Crippen LogP contribution in [0.2, 0.25) is 0 Å². The van der Waals surface area contributed by atoms with Gasteiger partial charge in [-0.1, -0.05) is 31.2 Å². The first kappa shape index (κ1) is 17.6. The van der Waals surface area contributed by atoms with E-state index in [9.17, 15) is 16.8 Å². The van der Waals surface area contributed by atoms with Crippen molar-refractivity contribution in [3.63, 3.8) is 0 Å². The van der Waals surface area contributed by atoms with E-state index in [-0.39, 0.29) is 11.5 Å². The second-order valence-electron chi connectivity index (χ2n) is 6.48. The smallest absolute Gasteiger partial charge is 0.229 e. The molecule has 0 saturated carbocycles. The monoisotopic (exact) mass is 369 g/mol. The molecule has 5 nitrogen and oxygen atoms in total. The highest BCUT2D eigenvalue weighted by Gasteiger charge is 2.39. The highest BCUT2D eigenvalue weighted by atomic mass is 32.2. The van der Waals surface area contributed by atoms with Gasteiger partial charge >= 0.3 is 0 Å². The van der Waals surface area contributed by atoms with Crippen LogP contribution in [0.3, 0.4) is 0 Å². The minimum atomic E-state index is -3.63. The summed E-state index contributed by atoms with van der Waals surface area (Å²) in [5, 5.41) is 0. The van der Waals surface area contributed by atoms with Gasteiger partial charge in [0, 0.05) is 12.6 Å². The molecule has 1 atom stereocenters. The van der Waals surface area contributed by atoms with E-state index in [2.05, 4.69) is 0 Å².